The average molecular weight is 668 g/mol. The van der Waals surface area contributed by atoms with Gasteiger partial charge in [-0.15, -0.1) is 0 Å². The summed E-state index contributed by atoms with van der Waals surface area (Å²) in [7, 11) is -7.35. The summed E-state index contributed by atoms with van der Waals surface area (Å²) in [5.41, 5.74) is 7.11. The number of carboxylic acid groups (broad SMARTS) is 1. The number of azo groups is 1. The predicted molar refractivity (Wildman–Crippen MR) is 169 cm³/mol. The molecule has 5 rings (SSSR count). The van der Waals surface area contributed by atoms with Gasteiger partial charge < -0.3 is 15.9 Å². The molecule has 0 spiro atoms. The fourth-order valence-corrected chi connectivity index (χ4v) is 6.38. The molecule has 6 N–H and O–H groups in total. The number of carboxylic acids is 1. The monoisotopic (exact) mass is 667 g/mol. The molecular weight excluding hydrogens is 643 g/mol. The van der Waals surface area contributed by atoms with Crippen molar-refractivity contribution in [2.45, 2.75) is 16.7 Å². The van der Waals surface area contributed by atoms with E-state index in [9.17, 15) is 26.7 Å². The first-order valence-corrected chi connectivity index (χ1v) is 16.4. The number of nitrogens with one attached hydrogen (secondary N) is 2. The molecule has 2 aromatic heterocycles. The first kappa shape index (κ1) is 32.5. The second-order valence-electron chi connectivity index (χ2n) is 9.03. The first-order chi connectivity index (χ1) is 21.3. The molecule has 3 aromatic carbocycles. The molecule has 5 aromatic rings. The van der Waals surface area contributed by atoms with Crippen molar-refractivity contribution < 1.29 is 31.8 Å². The summed E-state index contributed by atoms with van der Waals surface area (Å²) in [4.78, 5) is 15.1. The Balaban J connectivity index is 0.000000231. The summed E-state index contributed by atoms with van der Waals surface area (Å²) < 4.78 is 57.4. The third-order valence-electron chi connectivity index (χ3n) is 5.60. The molecule has 0 saturated heterocycles. The van der Waals surface area contributed by atoms with Gasteiger partial charge in [0.1, 0.15) is 22.1 Å². The summed E-state index contributed by atoms with van der Waals surface area (Å²) in [5.74, 6) is -1.46. The van der Waals surface area contributed by atoms with Gasteiger partial charge in [-0.1, -0.05) is 6.07 Å². The number of nitrogens with two attached hydrogens (primary N) is 1. The highest BCUT2D eigenvalue weighted by Crippen LogP contribution is 2.26. The van der Waals surface area contributed by atoms with Gasteiger partial charge in [0, 0.05) is 11.9 Å². The van der Waals surface area contributed by atoms with Gasteiger partial charge in [0.2, 0.25) is 0 Å². The molecule has 0 radical (unpaired) electrons. The van der Waals surface area contributed by atoms with Gasteiger partial charge >= 0.3 is 5.97 Å². The van der Waals surface area contributed by atoms with E-state index in [0.717, 1.165) is 17.2 Å². The van der Waals surface area contributed by atoms with Crippen molar-refractivity contribution in [3.8, 4) is 5.75 Å². The third-order valence-corrected chi connectivity index (χ3v) is 9.27. The number of sulfonamides is 2. The van der Waals surface area contributed by atoms with Crippen LogP contribution in [0.15, 0.2) is 117 Å². The van der Waals surface area contributed by atoms with Crippen LogP contribution < -0.4 is 15.2 Å². The summed E-state index contributed by atoms with van der Waals surface area (Å²) in [6.45, 7) is 1.80. The zero-order valence-electron chi connectivity index (χ0n) is 23.3. The van der Waals surface area contributed by atoms with Crippen molar-refractivity contribution >= 4 is 65.4 Å². The number of benzene rings is 3. The molecule has 0 aliphatic heterocycles. The molecule has 45 heavy (non-hydrogen) atoms. The lowest BCUT2D eigenvalue weighted by Crippen LogP contribution is -2.13. The molecular formula is C28H25N7O7S3. The van der Waals surface area contributed by atoms with E-state index in [1.165, 1.54) is 66.9 Å². The molecule has 0 saturated carbocycles. The van der Waals surface area contributed by atoms with Crippen LogP contribution in [0.5, 0.6) is 5.75 Å². The molecule has 0 atom stereocenters. The van der Waals surface area contributed by atoms with Crippen molar-refractivity contribution in [3.63, 3.8) is 0 Å². The number of aromatic nitrogens is 2. The number of aromatic hydroxyl groups is 1. The minimum Gasteiger partial charge on any atom is -0.507 e. The maximum Gasteiger partial charge on any atom is 0.339 e. The minimum absolute atomic E-state index is 0.0231. The third kappa shape index (κ3) is 9.05. The zero-order chi connectivity index (χ0) is 32.6. The van der Waals surface area contributed by atoms with Crippen LogP contribution in [-0.2, 0) is 20.0 Å². The van der Waals surface area contributed by atoms with Gasteiger partial charge in [-0.25, -0.2) is 26.6 Å². The van der Waals surface area contributed by atoms with E-state index in [1.54, 1.807) is 37.3 Å². The Morgan fingerprint density at radius 1 is 0.822 bits per heavy atom. The number of nitrogens with zero attached hydrogens (tertiary/aromatic N) is 4. The Morgan fingerprint density at radius 3 is 2.00 bits per heavy atom. The highest BCUT2D eigenvalue weighted by atomic mass is 32.2. The molecule has 0 fully saturated rings. The Hall–Kier alpha value is -5.39. The summed E-state index contributed by atoms with van der Waals surface area (Å²) in [6, 6.07) is 22.0. The van der Waals surface area contributed by atoms with Crippen LogP contribution in [0.1, 0.15) is 16.1 Å². The molecule has 14 nitrogen and oxygen atoms in total. The van der Waals surface area contributed by atoms with Crippen LogP contribution in [0, 0.1) is 6.92 Å². The van der Waals surface area contributed by atoms with Gasteiger partial charge in [-0.3, -0.25) is 9.44 Å². The maximum absolute atomic E-state index is 12.3. The van der Waals surface area contributed by atoms with Crippen LogP contribution in [0.4, 0.5) is 27.9 Å². The van der Waals surface area contributed by atoms with Crippen molar-refractivity contribution in [3.05, 3.63) is 108 Å². The highest BCUT2D eigenvalue weighted by Gasteiger charge is 2.16. The van der Waals surface area contributed by atoms with E-state index in [1.807, 2.05) is 0 Å². The lowest BCUT2D eigenvalue weighted by Gasteiger charge is -2.07. The molecule has 17 heteroatoms. The van der Waals surface area contributed by atoms with Crippen molar-refractivity contribution in [2.75, 3.05) is 15.2 Å². The summed E-state index contributed by atoms with van der Waals surface area (Å²) in [5, 5.41) is 26.8. The van der Waals surface area contributed by atoms with Gasteiger partial charge in [0.05, 0.1) is 26.9 Å². The average Bonchev–Trinajstić information content (AvgIpc) is 3.41. The van der Waals surface area contributed by atoms with Crippen LogP contribution in [-0.4, -0.2) is 42.4 Å². The molecule has 0 bridgehead atoms. The number of aromatic carboxylic acids is 1. The molecule has 232 valence electrons. The Bertz CT molecular complexity index is 2030. The number of hydrogen-bond donors (Lipinski definition) is 5. The van der Waals surface area contributed by atoms with Gasteiger partial charge in [-0.2, -0.15) is 14.6 Å². The van der Waals surface area contributed by atoms with Gasteiger partial charge in [0.15, 0.2) is 0 Å². The van der Waals surface area contributed by atoms with Crippen LogP contribution >= 0.6 is 11.5 Å². The second-order valence-corrected chi connectivity index (χ2v) is 13.2. The van der Waals surface area contributed by atoms with Crippen LogP contribution in [0.25, 0.3) is 0 Å². The quantitative estimate of drug-likeness (QED) is 0.0974. The van der Waals surface area contributed by atoms with Crippen LogP contribution in [0.3, 0.4) is 0 Å². The molecule has 0 aliphatic carbocycles. The van der Waals surface area contributed by atoms with Crippen molar-refractivity contribution in [1.82, 2.24) is 9.36 Å². The number of phenols is 1. The fraction of sp³-hybridized carbons (Fsp3) is 0.0357. The number of hydrogen-bond acceptors (Lipinski definition) is 12. The van der Waals surface area contributed by atoms with E-state index in [4.69, 9.17) is 10.8 Å². The number of aryl methyl sites for hydroxylation is 1. The molecule has 0 amide bonds. The minimum atomic E-state index is -3.79. The highest BCUT2D eigenvalue weighted by molar-refractivity contribution is 7.93. The number of anilines is 3. The zero-order valence-corrected chi connectivity index (χ0v) is 25.7. The number of rotatable bonds is 9. The van der Waals surface area contributed by atoms with Crippen molar-refractivity contribution in [1.29, 1.82) is 0 Å². The molecule has 0 unspecified atom stereocenters. The second kappa shape index (κ2) is 13.9. The van der Waals surface area contributed by atoms with E-state index in [2.05, 4.69) is 29.0 Å². The first-order valence-electron chi connectivity index (χ1n) is 12.7. The van der Waals surface area contributed by atoms with E-state index >= 15 is 0 Å². The Morgan fingerprint density at radius 2 is 1.42 bits per heavy atom. The SMILES string of the molecule is Cc1cc(NS(=O)(=O)c2ccc(N)cc2)sn1.O=C(O)c1cc(N=Nc2ccc(S(=O)(=O)Nc3ccccn3)cc2)ccc1O. The number of carbonyl (C=O) groups is 1. The predicted octanol–water partition coefficient (Wildman–Crippen LogP) is 5.54. The van der Waals surface area contributed by atoms with E-state index in [-0.39, 0.29) is 32.6 Å². The smallest absolute Gasteiger partial charge is 0.339 e. The summed E-state index contributed by atoms with van der Waals surface area (Å²) >= 11 is 1.11. The van der Waals surface area contributed by atoms with Crippen LogP contribution in [0.2, 0.25) is 0 Å². The van der Waals surface area contributed by atoms with Gasteiger partial charge in [-0.05, 0) is 103 Å². The Kier molecular flexibility index (Phi) is 10.1. The topological polar surface area (TPSA) is 226 Å². The van der Waals surface area contributed by atoms with Crippen molar-refractivity contribution in [2.24, 2.45) is 10.2 Å². The maximum atomic E-state index is 12.3. The number of pyridine rings is 1. The fourth-order valence-electron chi connectivity index (χ4n) is 3.43. The molecule has 0 aliphatic rings. The lowest BCUT2D eigenvalue weighted by molar-refractivity contribution is 0.0693. The summed E-state index contributed by atoms with van der Waals surface area (Å²) in [6.07, 6.45) is 1.47. The van der Waals surface area contributed by atoms with E-state index < -0.39 is 26.0 Å². The lowest BCUT2D eigenvalue weighted by atomic mass is 10.2. The number of nitrogen functional groups attached to an aromatic ring is 1. The largest absolute Gasteiger partial charge is 0.507 e. The normalized spacial score (nSPS) is 11.4. The molecule has 2 heterocycles. The van der Waals surface area contributed by atoms with Gasteiger partial charge in [0.25, 0.3) is 20.0 Å². The van der Waals surface area contributed by atoms with E-state index in [0.29, 0.717) is 16.4 Å². The standard InChI is InChI=1S/C18H14N4O5S.C10H11N3O2S2/c23-16-9-6-13(11-15(16)18(24)25)21-20-12-4-7-14(8-5-12)28(26,27)22-17-3-1-2-10-19-17;1-7-6-10(16-12-7)13-17(14,15)9-4-2-8(11)3-5-9/h1-11,23H,(H,19,22)(H,24,25);2-6,13H,11H2,1H3. The Labute approximate surface area is 262 Å².